The van der Waals surface area contributed by atoms with Gasteiger partial charge in [0, 0.05) is 68.6 Å². The van der Waals surface area contributed by atoms with Crippen LogP contribution in [-0.2, 0) is 45.4 Å². The molecule has 16 nitrogen and oxygen atoms in total. The van der Waals surface area contributed by atoms with Gasteiger partial charge in [0.15, 0.2) is 6.54 Å². The van der Waals surface area contributed by atoms with Crippen LogP contribution in [0.15, 0.2) is 60.7 Å². The Labute approximate surface area is 322 Å². The Morgan fingerprint density at radius 2 is 1.39 bits per heavy atom. The van der Waals surface area contributed by atoms with Crippen LogP contribution in [0, 0.1) is 13.8 Å². The highest BCUT2D eigenvalue weighted by Crippen LogP contribution is 2.30. The number of nitrogens with one attached hydrogen (secondary N) is 2. The van der Waals surface area contributed by atoms with Gasteiger partial charge in [-0.1, -0.05) is 24.3 Å². The Balaban J connectivity index is 1.10. The van der Waals surface area contributed by atoms with E-state index >= 15 is 0 Å². The summed E-state index contributed by atoms with van der Waals surface area (Å²) in [6, 6.07) is 17.6. The maximum atomic E-state index is 13.9. The fourth-order valence-corrected chi connectivity index (χ4v) is 6.84. The lowest BCUT2D eigenvalue weighted by Crippen LogP contribution is -2.37. The Bertz CT molecular complexity index is 2200. The number of amides is 4. The summed E-state index contributed by atoms with van der Waals surface area (Å²) in [4.78, 5) is 78.6. The lowest BCUT2D eigenvalue weighted by atomic mass is 10.0. The van der Waals surface area contributed by atoms with Crippen LogP contribution in [0.4, 0.5) is 0 Å². The molecular formula is C39H42N4O12S. The molecule has 3 aromatic carbocycles. The number of aromatic nitrogens is 1. The average molecular weight is 791 g/mol. The van der Waals surface area contributed by atoms with Crippen molar-refractivity contribution >= 4 is 67.5 Å². The smallest absolute Gasteiger partial charge is 0.345 e. The highest BCUT2D eigenvalue weighted by atomic mass is 32.2. The number of aryl methyl sites for hydroxylation is 3. The molecule has 2 heterocycles. The van der Waals surface area contributed by atoms with Gasteiger partial charge < -0.3 is 29.5 Å². The molecule has 5 rings (SSSR count). The molecule has 0 atom stereocenters. The van der Waals surface area contributed by atoms with Gasteiger partial charge in [0.2, 0.25) is 16.9 Å². The zero-order valence-corrected chi connectivity index (χ0v) is 31.8. The summed E-state index contributed by atoms with van der Waals surface area (Å²) in [6.45, 7) is 4.44. The standard InChI is InChI=1S/C39H42N4O12S/c1-25-23-27(38(48)41-18-21-53-20-17-40-32(44)13-7-14-35(47)55-43-33(45)15-16-34(43)46)24-26(2)37(25)54-39(49)36-28-9-3-5-11-30(28)42(19-8-22-56(50,51)52)31-12-6-4-10-29(31)36/h3-6,9-12,23-24H,7-8,13-22H2,1-2H3,(H2-,40,41,44,48,50,51,52). The van der Waals surface area contributed by atoms with E-state index in [1.807, 2.05) is 16.7 Å². The van der Waals surface area contributed by atoms with E-state index in [0.717, 1.165) is 0 Å². The van der Waals surface area contributed by atoms with E-state index < -0.39 is 39.6 Å². The number of hydrogen-bond donors (Lipinski definition) is 2. The second-order valence-corrected chi connectivity index (χ2v) is 14.6. The third kappa shape index (κ3) is 10.7. The molecule has 0 bridgehead atoms. The van der Waals surface area contributed by atoms with Gasteiger partial charge in [-0.3, -0.25) is 19.2 Å². The number of rotatable bonds is 18. The van der Waals surface area contributed by atoms with Crippen molar-refractivity contribution in [3.8, 4) is 5.75 Å². The van der Waals surface area contributed by atoms with Crippen LogP contribution in [0.2, 0.25) is 0 Å². The molecule has 1 fully saturated rings. The molecule has 56 heavy (non-hydrogen) atoms. The van der Waals surface area contributed by atoms with Crippen molar-refractivity contribution in [2.45, 2.75) is 58.9 Å². The Morgan fingerprint density at radius 1 is 0.821 bits per heavy atom. The molecule has 1 aliphatic heterocycles. The fraction of sp³-hybridized carbons (Fsp3) is 0.359. The van der Waals surface area contributed by atoms with Gasteiger partial charge in [-0.25, -0.2) is 18.0 Å². The molecule has 4 aromatic rings. The van der Waals surface area contributed by atoms with Crippen LogP contribution in [0.3, 0.4) is 0 Å². The first-order valence-electron chi connectivity index (χ1n) is 18.0. The second-order valence-electron chi connectivity index (χ2n) is 13.1. The van der Waals surface area contributed by atoms with Gasteiger partial charge in [0.05, 0.1) is 39.7 Å². The van der Waals surface area contributed by atoms with Crippen LogP contribution in [0.1, 0.15) is 70.4 Å². The van der Waals surface area contributed by atoms with Crippen LogP contribution in [0.25, 0.3) is 21.8 Å². The molecule has 17 heteroatoms. The second kappa shape index (κ2) is 18.7. The van der Waals surface area contributed by atoms with E-state index in [1.165, 1.54) is 0 Å². The van der Waals surface area contributed by atoms with Gasteiger partial charge in [0.1, 0.15) is 5.75 Å². The number of nitrogens with zero attached hydrogens (tertiary/aromatic N) is 2. The fourth-order valence-electron chi connectivity index (χ4n) is 6.35. The van der Waals surface area contributed by atoms with Crippen LogP contribution >= 0.6 is 0 Å². The molecule has 0 unspecified atom stereocenters. The van der Waals surface area contributed by atoms with Crippen LogP contribution in [0.5, 0.6) is 5.75 Å². The summed E-state index contributed by atoms with van der Waals surface area (Å²) >= 11 is 0. The number of ether oxygens (including phenoxy) is 2. The minimum atomic E-state index is -4.39. The number of esters is 1. The summed E-state index contributed by atoms with van der Waals surface area (Å²) in [5.41, 5.74) is 3.12. The lowest BCUT2D eigenvalue weighted by molar-refractivity contribution is -0.645. The zero-order valence-electron chi connectivity index (χ0n) is 31.0. The largest absolute Gasteiger partial charge is 0.748 e. The third-order valence-electron chi connectivity index (χ3n) is 8.91. The number of hydroxylamine groups is 2. The van der Waals surface area contributed by atoms with Gasteiger partial charge in [0.25, 0.3) is 17.7 Å². The van der Waals surface area contributed by atoms with Crippen molar-refractivity contribution in [3.05, 3.63) is 82.9 Å². The molecular weight excluding hydrogens is 749 g/mol. The normalized spacial score (nSPS) is 12.9. The van der Waals surface area contributed by atoms with E-state index in [2.05, 4.69) is 10.6 Å². The first kappa shape index (κ1) is 41.4. The van der Waals surface area contributed by atoms with Gasteiger partial charge in [-0.15, -0.1) is 5.06 Å². The molecule has 0 spiro atoms. The van der Waals surface area contributed by atoms with E-state index in [9.17, 15) is 41.7 Å². The highest BCUT2D eigenvalue weighted by Gasteiger charge is 2.33. The lowest BCUT2D eigenvalue weighted by Gasteiger charge is -2.15. The van der Waals surface area contributed by atoms with Crippen molar-refractivity contribution in [1.82, 2.24) is 15.7 Å². The van der Waals surface area contributed by atoms with Gasteiger partial charge in [-0.05, 0) is 55.7 Å². The SMILES string of the molecule is Cc1cc(C(=O)NCCOCCNC(=O)CCCC(=O)ON2C(=O)CCC2=O)cc(C)c1OC(=O)c1c2ccccc2[n+](CCCS(=O)(=O)[O-])c2ccccc12. The summed E-state index contributed by atoms with van der Waals surface area (Å²) in [5, 5.41) is 7.07. The number of carbonyl (C=O) groups excluding carboxylic acids is 6. The topological polar surface area (TPSA) is 218 Å². The average Bonchev–Trinajstić information content (AvgIpc) is 3.46. The number of hydrogen-bond acceptors (Lipinski definition) is 12. The molecule has 2 N–H and O–H groups in total. The Kier molecular flexibility index (Phi) is 13.8. The quantitative estimate of drug-likeness (QED) is 0.0283. The number of imide groups is 1. The molecule has 1 aliphatic rings. The first-order valence-corrected chi connectivity index (χ1v) is 19.6. The molecule has 0 aliphatic carbocycles. The van der Waals surface area contributed by atoms with Crippen molar-refractivity contribution in [2.24, 2.45) is 0 Å². The minimum absolute atomic E-state index is 0.000838. The first-order chi connectivity index (χ1) is 26.7. The summed E-state index contributed by atoms with van der Waals surface area (Å²) < 4.78 is 47.2. The van der Waals surface area contributed by atoms with Crippen molar-refractivity contribution in [2.75, 3.05) is 32.1 Å². The van der Waals surface area contributed by atoms with E-state index in [-0.39, 0.29) is 83.2 Å². The molecule has 1 saturated heterocycles. The van der Waals surface area contributed by atoms with Gasteiger partial charge in [-0.2, -0.15) is 4.57 Å². The number of carbonyl (C=O) groups is 6. The summed E-state index contributed by atoms with van der Waals surface area (Å²) in [6.07, 6.45) is 0.166. The summed E-state index contributed by atoms with van der Waals surface area (Å²) in [5.74, 6) is -3.41. The highest BCUT2D eigenvalue weighted by molar-refractivity contribution is 7.85. The maximum Gasteiger partial charge on any atom is 0.345 e. The van der Waals surface area contributed by atoms with E-state index in [1.54, 1.807) is 62.4 Å². The Morgan fingerprint density at radius 3 is 1.98 bits per heavy atom. The maximum absolute atomic E-state index is 13.9. The van der Waals surface area contributed by atoms with Crippen molar-refractivity contribution in [3.63, 3.8) is 0 Å². The third-order valence-corrected chi connectivity index (χ3v) is 9.70. The zero-order chi connectivity index (χ0) is 40.4. The van der Waals surface area contributed by atoms with Gasteiger partial charge >= 0.3 is 11.9 Å². The predicted octanol–water partition coefficient (Wildman–Crippen LogP) is 2.69. The van der Waals surface area contributed by atoms with Crippen LogP contribution < -0.4 is 19.9 Å². The number of benzene rings is 3. The van der Waals surface area contributed by atoms with Crippen molar-refractivity contribution in [1.29, 1.82) is 0 Å². The minimum Gasteiger partial charge on any atom is -0.748 e. The monoisotopic (exact) mass is 790 g/mol. The predicted molar refractivity (Wildman–Crippen MR) is 199 cm³/mol. The Hall–Kier alpha value is -5.78. The molecule has 296 valence electrons. The van der Waals surface area contributed by atoms with Crippen LogP contribution in [-0.4, -0.2) is 85.7 Å². The molecule has 0 saturated carbocycles. The summed E-state index contributed by atoms with van der Waals surface area (Å²) in [7, 11) is -4.39. The molecule has 1 aromatic heterocycles. The van der Waals surface area contributed by atoms with E-state index in [0.29, 0.717) is 54.9 Å². The number of pyridine rings is 1. The van der Waals surface area contributed by atoms with Crippen molar-refractivity contribution < 1.29 is 60.6 Å². The number of para-hydroxylation sites is 2. The molecule has 4 amide bonds. The van der Waals surface area contributed by atoms with E-state index in [4.69, 9.17) is 14.3 Å². The molecule has 0 radical (unpaired) electrons. The number of fused-ring (bicyclic) bond motifs is 2.